The van der Waals surface area contributed by atoms with E-state index in [1.807, 2.05) is 6.08 Å². The molecular formula is C9H15NO3. The van der Waals surface area contributed by atoms with Crippen molar-refractivity contribution >= 4 is 6.09 Å². The summed E-state index contributed by atoms with van der Waals surface area (Å²) in [5, 5.41) is 8.75. The first-order valence-corrected chi connectivity index (χ1v) is 4.41. The van der Waals surface area contributed by atoms with Gasteiger partial charge >= 0.3 is 6.09 Å². The highest BCUT2D eigenvalue weighted by molar-refractivity contribution is 5.65. The lowest BCUT2D eigenvalue weighted by atomic mass is 9.99. The van der Waals surface area contributed by atoms with Gasteiger partial charge in [0.15, 0.2) is 0 Å². The van der Waals surface area contributed by atoms with E-state index in [0.717, 1.165) is 12.8 Å². The number of likely N-dealkylation sites (tertiary alicyclic amines) is 1. The molecule has 0 aromatic carbocycles. The van der Waals surface area contributed by atoms with Crippen molar-refractivity contribution in [3.63, 3.8) is 0 Å². The minimum absolute atomic E-state index is 0.310. The van der Waals surface area contributed by atoms with Crippen LogP contribution in [0.2, 0.25) is 0 Å². The molecule has 1 aliphatic heterocycles. The van der Waals surface area contributed by atoms with E-state index in [1.54, 1.807) is 13.4 Å². The smallest absolute Gasteiger partial charge is 0.407 e. The highest BCUT2D eigenvalue weighted by Crippen LogP contribution is 2.17. The van der Waals surface area contributed by atoms with E-state index in [2.05, 4.69) is 0 Å². The molecule has 1 N–H and O–H groups in total. The van der Waals surface area contributed by atoms with E-state index in [4.69, 9.17) is 9.84 Å². The number of carboxylic acid groups (broad SMARTS) is 1. The number of hydrogen-bond acceptors (Lipinski definition) is 2. The van der Waals surface area contributed by atoms with E-state index in [-0.39, 0.29) is 0 Å². The molecular weight excluding hydrogens is 170 g/mol. The van der Waals surface area contributed by atoms with Crippen LogP contribution in [0, 0.1) is 5.92 Å². The molecule has 1 heterocycles. The molecule has 0 spiro atoms. The Balaban J connectivity index is 2.41. The Morgan fingerprint density at radius 2 is 2.46 bits per heavy atom. The molecule has 0 radical (unpaired) electrons. The van der Waals surface area contributed by atoms with Crippen molar-refractivity contribution in [1.29, 1.82) is 0 Å². The lowest BCUT2D eigenvalue weighted by Gasteiger charge is -2.28. The van der Waals surface area contributed by atoms with Crippen LogP contribution in [0.1, 0.15) is 12.8 Å². The lowest BCUT2D eigenvalue weighted by molar-refractivity contribution is 0.126. The van der Waals surface area contributed by atoms with Crippen molar-refractivity contribution in [2.75, 3.05) is 20.2 Å². The molecule has 4 heteroatoms. The van der Waals surface area contributed by atoms with Crippen LogP contribution in [0.25, 0.3) is 0 Å². The second-order valence-corrected chi connectivity index (χ2v) is 3.20. The van der Waals surface area contributed by atoms with Gasteiger partial charge < -0.3 is 14.7 Å². The topological polar surface area (TPSA) is 49.8 Å². The first-order chi connectivity index (χ1) is 6.24. The van der Waals surface area contributed by atoms with Gasteiger partial charge in [0.2, 0.25) is 0 Å². The van der Waals surface area contributed by atoms with Gasteiger partial charge in [-0.15, -0.1) is 0 Å². The third-order valence-corrected chi connectivity index (χ3v) is 2.22. The van der Waals surface area contributed by atoms with E-state index in [0.29, 0.717) is 19.0 Å². The summed E-state index contributed by atoms with van der Waals surface area (Å²) in [5.74, 6) is 0.310. The molecule has 0 aromatic heterocycles. The second-order valence-electron chi connectivity index (χ2n) is 3.20. The minimum atomic E-state index is -0.824. The summed E-state index contributed by atoms with van der Waals surface area (Å²) >= 11 is 0. The number of ether oxygens (including phenoxy) is 1. The Hall–Kier alpha value is -1.19. The number of rotatable bonds is 2. The van der Waals surface area contributed by atoms with E-state index in [9.17, 15) is 4.79 Å². The Morgan fingerprint density at radius 1 is 1.69 bits per heavy atom. The molecule has 0 bridgehead atoms. The van der Waals surface area contributed by atoms with Crippen molar-refractivity contribution < 1.29 is 14.6 Å². The first-order valence-electron chi connectivity index (χ1n) is 4.41. The average molecular weight is 185 g/mol. The van der Waals surface area contributed by atoms with Crippen LogP contribution >= 0.6 is 0 Å². The van der Waals surface area contributed by atoms with Gasteiger partial charge in [-0.1, -0.05) is 0 Å². The minimum Gasteiger partial charge on any atom is -0.505 e. The Labute approximate surface area is 77.8 Å². The number of hydrogen-bond donors (Lipinski definition) is 1. The molecule has 74 valence electrons. The SMILES string of the molecule is COC=CC1CCCN(C(=O)O)C1. The van der Waals surface area contributed by atoms with Crippen LogP contribution in [0.4, 0.5) is 4.79 Å². The van der Waals surface area contributed by atoms with Gasteiger partial charge in [-0.05, 0) is 24.8 Å². The summed E-state index contributed by atoms with van der Waals surface area (Å²) in [6.45, 7) is 1.25. The van der Waals surface area contributed by atoms with Gasteiger partial charge in [0, 0.05) is 13.1 Å². The highest BCUT2D eigenvalue weighted by Gasteiger charge is 2.21. The van der Waals surface area contributed by atoms with Crippen LogP contribution in [0.5, 0.6) is 0 Å². The third-order valence-electron chi connectivity index (χ3n) is 2.22. The molecule has 1 saturated heterocycles. The fraction of sp³-hybridized carbons (Fsp3) is 0.667. The van der Waals surface area contributed by atoms with Crippen LogP contribution in [-0.2, 0) is 4.74 Å². The molecule has 1 atom stereocenters. The summed E-state index contributed by atoms with van der Waals surface area (Å²) in [7, 11) is 1.59. The molecule has 13 heavy (non-hydrogen) atoms. The molecule has 0 aliphatic carbocycles. The zero-order valence-corrected chi connectivity index (χ0v) is 7.77. The standard InChI is InChI=1S/C9H15NO3/c1-13-6-4-8-3-2-5-10(7-8)9(11)12/h4,6,8H,2-3,5,7H2,1H3,(H,11,12). The van der Waals surface area contributed by atoms with Crippen LogP contribution < -0.4 is 0 Å². The Bertz CT molecular complexity index is 203. The quantitative estimate of drug-likeness (QED) is 0.664. The van der Waals surface area contributed by atoms with E-state index >= 15 is 0 Å². The van der Waals surface area contributed by atoms with Gasteiger partial charge in [0.1, 0.15) is 0 Å². The van der Waals surface area contributed by atoms with Crippen molar-refractivity contribution in [2.24, 2.45) is 5.92 Å². The second kappa shape index (κ2) is 4.74. The van der Waals surface area contributed by atoms with Crippen molar-refractivity contribution in [3.05, 3.63) is 12.3 Å². The molecule has 1 aliphatic rings. The number of carbonyl (C=O) groups is 1. The molecule has 0 aromatic rings. The van der Waals surface area contributed by atoms with Crippen molar-refractivity contribution in [2.45, 2.75) is 12.8 Å². The van der Waals surface area contributed by atoms with Crippen LogP contribution in [0.15, 0.2) is 12.3 Å². The van der Waals surface area contributed by atoms with Crippen LogP contribution in [0.3, 0.4) is 0 Å². The summed E-state index contributed by atoms with van der Waals surface area (Å²) in [6.07, 6.45) is 4.70. The zero-order valence-electron chi connectivity index (χ0n) is 7.77. The third kappa shape index (κ3) is 2.97. The maximum atomic E-state index is 10.6. The average Bonchev–Trinajstić information content (AvgIpc) is 2.15. The van der Waals surface area contributed by atoms with Gasteiger partial charge in [-0.3, -0.25) is 0 Å². The monoisotopic (exact) mass is 185 g/mol. The number of methoxy groups -OCH3 is 1. The summed E-state index contributed by atoms with van der Waals surface area (Å²) in [4.78, 5) is 12.1. The Kier molecular flexibility index (Phi) is 3.61. The fourth-order valence-electron chi connectivity index (χ4n) is 1.53. The normalized spacial score (nSPS) is 23.5. The van der Waals surface area contributed by atoms with Gasteiger partial charge in [0.05, 0.1) is 13.4 Å². The number of amides is 1. The highest BCUT2D eigenvalue weighted by atomic mass is 16.5. The molecule has 1 rings (SSSR count). The zero-order chi connectivity index (χ0) is 9.68. The molecule has 0 saturated carbocycles. The van der Waals surface area contributed by atoms with Gasteiger partial charge in [-0.2, -0.15) is 0 Å². The molecule has 1 fully saturated rings. The first kappa shape index (κ1) is 9.89. The number of piperidine rings is 1. The maximum absolute atomic E-state index is 10.6. The molecule has 1 amide bonds. The summed E-state index contributed by atoms with van der Waals surface area (Å²) < 4.78 is 4.79. The Morgan fingerprint density at radius 3 is 3.08 bits per heavy atom. The fourth-order valence-corrected chi connectivity index (χ4v) is 1.53. The predicted octanol–water partition coefficient (Wildman–Crippen LogP) is 1.54. The molecule has 1 unspecified atom stereocenters. The van der Waals surface area contributed by atoms with Crippen LogP contribution in [-0.4, -0.2) is 36.3 Å². The number of nitrogens with zero attached hydrogens (tertiary/aromatic N) is 1. The lowest BCUT2D eigenvalue weighted by Crippen LogP contribution is -2.38. The van der Waals surface area contributed by atoms with E-state index < -0.39 is 6.09 Å². The van der Waals surface area contributed by atoms with E-state index in [1.165, 1.54) is 4.90 Å². The van der Waals surface area contributed by atoms with Crippen molar-refractivity contribution in [1.82, 2.24) is 4.90 Å². The predicted molar refractivity (Wildman–Crippen MR) is 48.5 cm³/mol. The maximum Gasteiger partial charge on any atom is 0.407 e. The van der Waals surface area contributed by atoms with Gasteiger partial charge in [-0.25, -0.2) is 4.79 Å². The summed E-state index contributed by atoms with van der Waals surface area (Å²) in [6, 6.07) is 0. The van der Waals surface area contributed by atoms with Crippen molar-refractivity contribution in [3.8, 4) is 0 Å². The van der Waals surface area contributed by atoms with Gasteiger partial charge in [0.25, 0.3) is 0 Å². The molecule has 4 nitrogen and oxygen atoms in total. The summed E-state index contributed by atoms with van der Waals surface area (Å²) in [5.41, 5.74) is 0. The largest absolute Gasteiger partial charge is 0.505 e.